The Morgan fingerprint density at radius 1 is 1.38 bits per heavy atom. The summed E-state index contributed by atoms with van der Waals surface area (Å²) in [6.45, 7) is 2.50. The van der Waals surface area contributed by atoms with Gasteiger partial charge in [0, 0.05) is 6.54 Å². The maximum absolute atomic E-state index is 10.1. The summed E-state index contributed by atoms with van der Waals surface area (Å²) in [6.07, 6.45) is 0.930. The Morgan fingerprint density at radius 3 is 2.69 bits per heavy atom. The minimum absolute atomic E-state index is 0.566. The van der Waals surface area contributed by atoms with Crippen molar-refractivity contribution in [1.29, 1.82) is 0 Å². The summed E-state index contributed by atoms with van der Waals surface area (Å²) in [6, 6.07) is 10.2. The van der Waals surface area contributed by atoms with Gasteiger partial charge in [-0.3, -0.25) is 0 Å². The van der Waals surface area contributed by atoms with E-state index in [-0.39, 0.29) is 0 Å². The molecule has 0 aliphatic carbocycles. The zero-order valence-corrected chi connectivity index (χ0v) is 7.71. The Kier molecular flexibility index (Phi) is 3.80. The van der Waals surface area contributed by atoms with E-state index in [0.717, 1.165) is 13.0 Å². The smallest absolute Gasteiger partial charge is 0.145 e. The maximum Gasteiger partial charge on any atom is 0.145 e. The normalized spacial score (nSPS) is 9.00. The molecule has 0 aliphatic heterocycles. The van der Waals surface area contributed by atoms with Crippen LogP contribution in [0.4, 0.5) is 0 Å². The van der Waals surface area contributed by atoms with Crippen LogP contribution >= 0.6 is 0 Å². The molecule has 68 valence electrons. The van der Waals surface area contributed by atoms with Gasteiger partial charge in [0.25, 0.3) is 0 Å². The van der Waals surface area contributed by atoms with Gasteiger partial charge in [-0.1, -0.05) is 30.3 Å². The first-order valence-corrected chi connectivity index (χ1v) is 4.32. The molecule has 0 saturated carbocycles. The largest absolute Gasteiger partial charge is 0.379 e. The summed E-state index contributed by atoms with van der Waals surface area (Å²) in [5, 5.41) is 2.97. The Labute approximate surface area is 78.3 Å². The van der Waals surface area contributed by atoms with E-state index < -0.39 is 0 Å². The topological polar surface area (TPSA) is 29.1 Å². The standard InChI is InChI=1S/C11H13NO/c1-10(9-13)12-8-7-11-5-3-2-4-6-11/h2-6,12H,7-8H2,1H3. The highest BCUT2D eigenvalue weighted by molar-refractivity contribution is 5.50. The van der Waals surface area contributed by atoms with Crippen molar-refractivity contribution >= 4 is 5.94 Å². The number of allylic oxidation sites excluding steroid dienone is 1. The van der Waals surface area contributed by atoms with Crippen LogP contribution in [0.3, 0.4) is 0 Å². The molecule has 0 fully saturated rings. The van der Waals surface area contributed by atoms with Gasteiger partial charge in [-0.2, -0.15) is 0 Å². The first kappa shape index (κ1) is 9.56. The van der Waals surface area contributed by atoms with Crippen molar-refractivity contribution in [1.82, 2.24) is 5.32 Å². The summed E-state index contributed by atoms with van der Waals surface area (Å²) in [5.74, 6) is 1.81. The molecule has 0 aliphatic rings. The first-order valence-electron chi connectivity index (χ1n) is 4.32. The minimum Gasteiger partial charge on any atom is -0.379 e. The molecule has 0 atom stereocenters. The number of hydrogen-bond donors (Lipinski definition) is 1. The molecule has 1 N–H and O–H groups in total. The van der Waals surface area contributed by atoms with Gasteiger partial charge in [0.05, 0.1) is 5.70 Å². The Balaban J connectivity index is 2.32. The molecule has 2 heteroatoms. The monoisotopic (exact) mass is 175 g/mol. The molecule has 1 rings (SSSR count). The van der Waals surface area contributed by atoms with E-state index in [2.05, 4.69) is 17.4 Å². The molecule has 0 unspecified atom stereocenters. The Morgan fingerprint density at radius 2 is 2.08 bits per heavy atom. The molecule has 2 nitrogen and oxygen atoms in total. The third-order valence-corrected chi connectivity index (χ3v) is 1.80. The SMILES string of the molecule is CC(=C=O)NCCc1ccccc1. The van der Waals surface area contributed by atoms with Crippen LogP contribution in [0.2, 0.25) is 0 Å². The fourth-order valence-corrected chi connectivity index (χ4v) is 1.08. The average molecular weight is 175 g/mol. The number of rotatable bonds is 4. The number of hydrogen-bond acceptors (Lipinski definition) is 2. The maximum atomic E-state index is 10.1. The summed E-state index contributed by atoms with van der Waals surface area (Å²) in [4.78, 5) is 10.1. The van der Waals surface area contributed by atoms with Gasteiger partial charge < -0.3 is 5.32 Å². The van der Waals surface area contributed by atoms with Gasteiger partial charge >= 0.3 is 0 Å². The molecular weight excluding hydrogens is 162 g/mol. The van der Waals surface area contributed by atoms with Crippen molar-refractivity contribution in [3.8, 4) is 0 Å². The second kappa shape index (κ2) is 5.18. The number of benzene rings is 1. The first-order chi connectivity index (χ1) is 6.33. The third kappa shape index (κ3) is 3.59. The van der Waals surface area contributed by atoms with Crippen molar-refractivity contribution < 1.29 is 4.79 Å². The number of nitrogens with one attached hydrogen (secondary N) is 1. The van der Waals surface area contributed by atoms with Gasteiger partial charge in [-0.05, 0) is 18.9 Å². The summed E-state index contributed by atoms with van der Waals surface area (Å²) >= 11 is 0. The van der Waals surface area contributed by atoms with Crippen molar-refractivity contribution in [2.24, 2.45) is 0 Å². The average Bonchev–Trinajstić information content (AvgIpc) is 2.19. The van der Waals surface area contributed by atoms with Crippen molar-refractivity contribution in [3.05, 3.63) is 41.6 Å². The van der Waals surface area contributed by atoms with Crippen molar-refractivity contribution in [2.75, 3.05) is 6.54 Å². The van der Waals surface area contributed by atoms with Gasteiger partial charge in [0.15, 0.2) is 0 Å². The molecule has 0 bridgehead atoms. The molecular formula is C11H13NO. The predicted molar refractivity (Wildman–Crippen MR) is 53.0 cm³/mol. The van der Waals surface area contributed by atoms with E-state index in [1.165, 1.54) is 5.56 Å². The quantitative estimate of drug-likeness (QED) is 0.703. The van der Waals surface area contributed by atoms with Crippen LogP contribution in [0.15, 0.2) is 36.0 Å². The van der Waals surface area contributed by atoms with E-state index >= 15 is 0 Å². The van der Waals surface area contributed by atoms with Gasteiger partial charge in [0.2, 0.25) is 0 Å². The van der Waals surface area contributed by atoms with Gasteiger partial charge in [-0.15, -0.1) is 0 Å². The van der Waals surface area contributed by atoms with E-state index in [0.29, 0.717) is 5.70 Å². The molecule has 0 heterocycles. The van der Waals surface area contributed by atoms with E-state index in [4.69, 9.17) is 0 Å². The highest BCUT2D eigenvalue weighted by atomic mass is 16.1. The second-order valence-corrected chi connectivity index (χ2v) is 2.89. The Bertz CT molecular complexity index is 299. The molecule has 0 amide bonds. The van der Waals surface area contributed by atoms with Crippen LogP contribution in [-0.2, 0) is 11.2 Å². The molecule has 0 radical (unpaired) electrons. The lowest BCUT2D eigenvalue weighted by Gasteiger charge is -2.02. The lowest BCUT2D eigenvalue weighted by atomic mass is 10.1. The molecule has 13 heavy (non-hydrogen) atoms. The van der Waals surface area contributed by atoms with E-state index in [9.17, 15) is 4.79 Å². The Hall–Kier alpha value is -1.53. The molecule has 0 aromatic heterocycles. The molecule has 0 saturated heterocycles. The van der Waals surface area contributed by atoms with E-state index in [1.54, 1.807) is 12.9 Å². The predicted octanol–water partition coefficient (Wildman–Crippen LogP) is 1.55. The van der Waals surface area contributed by atoms with Crippen molar-refractivity contribution in [3.63, 3.8) is 0 Å². The molecule has 1 aromatic rings. The lowest BCUT2D eigenvalue weighted by molar-refractivity contribution is 0.564. The zero-order chi connectivity index (χ0) is 9.52. The van der Waals surface area contributed by atoms with Gasteiger partial charge in [-0.25, -0.2) is 4.79 Å². The van der Waals surface area contributed by atoms with Crippen LogP contribution in [0, 0.1) is 0 Å². The second-order valence-electron chi connectivity index (χ2n) is 2.89. The number of carbonyl (C=O) groups excluding carboxylic acids is 1. The summed E-state index contributed by atoms with van der Waals surface area (Å²) in [7, 11) is 0. The zero-order valence-electron chi connectivity index (χ0n) is 7.71. The van der Waals surface area contributed by atoms with Crippen LogP contribution in [-0.4, -0.2) is 12.5 Å². The molecule has 1 aromatic carbocycles. The highest BCUT2D eigenvalue weighted by Crippen LogP contribution is 1.98. The van der Waals surface area contributed by atoms with Crippen LogP contribution in [0.25, 0.3) is 0 Å². The third-order valence-electron chi connectivity index (χ3n) is 1.80. The van der Waals surface area contributed by atoms with E-state index in [1.807, 2.05) is 18.2 Å². The van der Waals surface area contributed by atoms with Crippen LogP contribution in [0.5, 0.6) is 0 Å². The van der Waals surface area contributed by atoms with Crippen LogP contribution < -0.4 is 5.32 Å². The summed E-state index contributed by atoms with van der Waals surface area (Å²) < 4.78 is 0. The molecule has 0 spiro atoms. The van der Waals surface area contributed by atoms with Crippen molar-refractivity contribution in [2.45, 2.75) is 13.3 Å². The van der Waals surface area contributed by atoms with Gasteiger partial charge in [0.1, 0.15) is 5.94 Å². The lowest BCUT2D eigenvalue weighted by Crippen LogP contribution is -2.15. The highest BCUT2D eigenvalue weighted by Gasteiger charge is 1.91. The fraction of sp³-hybridized carbons (Fsp3) is 0.273. The summed E-state index contributed by atoms with van der Waals surface area (Å²) in [5.41, 5.74) is 1.84. The minimum atomic E-state index is 0.566. The van der Waals surface area contributed by atoms with Crippen LogP contribution in [0.1, 0.15) is 12.5 Å². The fourth-order valence-electron chi connectivity index (χ4n) is 1.08.